The summed E-state index contributed by atoms with van der Waals surface area (Å²) in [7, 11) is 0. The minimum atomic E-state index is -1.14. The monoisotopic (exact) mass is 396 g/mol. The Hall–Kier alpha value is -2.09. The molecule has 1 aliphatic rings. The Bertz CT molecular complexity index is 913. The quantitative estimate of drug-likeness (QED) is 0.654. The molecule has 2 aromatic heterocycles. The summed E-state index contributed by atoms with van der Waals surface area (Å²) in [5, 5.41) is 4.43. The van der Waals surface area contributed by atoms with Crippen molar-refractivity contribution in [2.75, 3.05) is 11.4 Å². The van der Waals surface area contributed by atoms with Gasteiger partial charge >= 0.3 is 0 Å². The second-order valence-corrected chi connectivity index (χ2v) is 6.52. The van der Waals surface area contributed by atoms with Gasteiger partial charge in [0.15, 0.2) is 5.65 Å². The van der Waals surface area contributed by atoms with Crippen LogP contribution in [0.25, 0.3) is 5.65 Å². The molecule has 1 aromatic carbocycles. The third-order valence-corrected chi connectivity index (χ3v) is 4.71. The molecule has 8 heteroatoms. The van der Waals surface area contributed by atoms with Crippen LogP contribution in [0.3, 0.4) is 0 Å². The molecule has 2 atom stereocenters. The van der Waals surface area contributed by atoms with Gasteiger partial charge in [0.25, 0.3) is 0 Å². The van der Waals surface area contributed by atoms with Crippen molar-refractivity contribution in [3.8, 4) is 0 Å². The van der Waals surface area contributed by atoms with Crippen LogP contribution in [-0.4, -0.2) is 27.3 Å². The number of hydrogen-bond acceptors (Lipinski definition) is 3. The number of anilines is 1. The number of aromatic nitrogens is 3. The molecule has 124 valence electrons. The molecule has 0 aliphatic carbocycles. The highest BCUT2D eigenvalue weighted by Crippen LogP contribution is 2.38. The minimum absolute atomic E-state index is 0.0748. The molecule has 0 unspecified atom stereocenters. The van der Waals surface area contributed by atoms with Crippen molar-refractivity contribution in [3.63, 3.8) is 0 Å². The van der Waals surface area contributed by atoms with E-state index in [-0.39, 0.29) is 18.5 Å². The summed E-state index contributed by atoms with van der Waals surface area (Å²) in [4.78, 5) is 5.82. The van der Waals surface area contributed by atoms with Crippen LogP contribution < -0.4 is 4.90 Å². The van der Waals surface area contributed by atoms with Crippen molar-refractivity contribution in [1.29, 1.82) is 0 Å². The summed E-state index contributed by atoms with van der Waals surface area (Å²) in [6.45, 7) is 0.0748. The Kier molecular flexibility index (Phi) is 3.71. The third kappa shape index (κ3) is 2.54. The molecule has 0 amide bonds. The Morgan fingerprint density at radius 1 is 1.17 bits per heavy atom. The van der Waals surface area contributed by atoms with Crippen molar-refractivity contribution in [2.24, 2.45) is 0 Å². The first-order valence-electron chi connectivity index (χ1n) is 7.39. The molecule has 0 radical (unpaired) electrons. The summed E-state index contributed by atoms with van der Waals surface area (Å²) in [6.07, 6.45) is 0.560. The van der Waals surface area contributed by atoms with Crippen molar-refractivity contribution in [1.82, 2.24) is 14.6 Å². The van der Waals surface area contributed by atoms with Gasteiger partial charge in [0.05, 0.1) is 18.8 Å². The van der Waals surface area contributed by atoms with Gasteiger partial charge < -0.3 is 4.90 Å². The molecule has 3 heterocycles. The number of benzene rings is 1. The lowest BCUT2D eigenvalue weighted by Gasteiger charge is -2.26. The summed E-state index contributed by atoms with van der Waals surface area (Å²) in [5.41, 5.74) is 0.775. The van der Waals surface area contributed by atoms with E-state index in [0.29, 0.717) is 16.1 Å². The standard InChI is InChI=1S/C16H12BrF3N4/c17-14-7-21-15-3-4-16(22-24(14)15)23-8-10(19)6-13(23)11-5-9(18)1-2-12(11)20/h1-5,7,10,13H,6,8H2/t10-,13+/m0/s1. The number of nitrogens with zero attached hydrogens (tertiary/aromatic N) is 4. The lowest BCUT2D eigenvalue weighted by molar-refractivity contribution is 0.355. The number of rotatable bonds is 2. The van der Waals surface area contributed by atoms with E-state index in [1.54, 1.807) is 27.7 Å². The predicted octanol–water partition coefficient (Wildman–Crippen LogP) is 4.06. The van der Waals surface area contributed by atoms with Crippen molar-refractivity contribution in [3.05, 3.63) is 58.3 Å². The van der Waals surface area contributed by atoms with E-state index >= 15 is 0 Å². The average molecular weight is 397 g/mol. The van der Waals surface area contributed by atoms with Gasteiger partial charge in [0.2, 0.25) is 0 Å². The second-order valence-electron chi connectivity index (χ2n) is 5.71. The van der Waals surface area contributed by atoms with Gasteiger partial charge in [-0.2, -0.15) is 0 Å². The van der Waals surface area contributed by atoms with E-state index in [0.717, 1.165) is 18.2 Å². The van der Waals surface area contributed by atoms with Gasteiger partial charge in [-0.05, 0) is 46.3 Å². The van der Waals surface area contributed by atoms with E-state index in [1.165, 1.54) is 0 Å². The van der Waals surface area contributed by atoms with Gasteiger partial charge in [-0.1, -0.05) is 0 Å². The van der Waals surface area contributed by atoms with Crippen molar-refractivity contribution in [2.45, 2.75) is 18.6 Å². The second kappa shape index (κ2) is 5.77. The normalized spacial score (nSPS) is 20.9. The van der Waals surface area contributed by atoms with E-state index in [2.05, 4.69) is 26.0 Å². The molecule has 4 nitrogen and oxygen atoms in total. The summed E-state index contributed by atoms with van der Waals surface area (Å²) < 4.78 is 44.0. The number of halogens is 4. The zero-order valence-corrected chi connectivity index (χ0v) is 13.9. The first-order valence-corrected chi connectivity index (χ1v) is 8.18. The fraction of sp³-hybridized carbons (Fsp3) is 0.250. The van der Waals surface area contributed by atoms with Crippen LogP contribution in [0.2, 0.25) is 0 Å². The van der Waals surface area contributed by atoms with Gasteiger partial charge in [-0.15, -0.1) is 5.10 Å². The predicted molar refractivity (Wildman–Crippen MR) is 86.6 cm³/mol. The van der Waals surface area contributed by atoms with Crippen LogP contribution in [0.1, 0.15) is 18.0 Å². The topological polar surface area (TPSA) is 33.4 Å². The number of alkyl halides is 1. The highest BCUT2D eigenvalue weighted by molar-refractivity contribution is 9.10. The molecule has 0 spiro atoms. The van der Waals surface area contributed by atoms with Crippen LogP contribution in [0.15, 0.2) is 41.1 Å². The SMILES string of the molecule is Fc1ccc(F)c([C@H]2C[C@H](F)CN2c2ccc3ncc(Br)n3n2)c1. The fourth-order valence-corrected chi connectivity index (χ4v) is 3.45. The maximum absolute atomic E-state index is 14.1. The van der Waals surface area contributed by atoms with E-state index in [9.17, 15) is 13.2 Å². The molecule has 1 saturated heterocycles. The van der Waals surface area contributed by atoms with Gasteiger partial charge in [0, 0.05) is 12.0 Å². The van der Waals surface area contributed by atoms with Crippen molar-refractivity contribution >= 4 is 27.4 Å². The maximum Gasteiger partial charge on any atom is 0.154 e. The zero-order valence-electron chi connectivity index (χ0n) is 12.3. The van der Waals surface area contributed by atoms with E-state index in [1.807, 2.05) is 0 Å². The Morgan fingerprint density at radius 3 is 2.83 bits per heavy atom. The highest BCUT2D eigenvalue weighted by atomic mass is 79.9. The molecular weight excluding hydrogens is 385 g/mol. The molecular formula is C16H12BrF3N4. The van der Waals surface area contributed by atoms with Crippen LogP contribution in [-0.2, 0) is 0 Å². The van der Waals surface area contributed by atoms with Crippen molar-refractivity contribution < 1.29 is 13.2 Å². The number of imidazole rings is 1. The molecule has 24 heavy (non-hydrogen) atoms. The maximum atomic E-state index is 14.1. The Morgan fingerprint density at radius 2 is 2.00 bits per heavy atom. The minimum Gasteiger partial charge on any atom is -0.345 e. The number of fused-ring (bicyclic) bond motifs is 1. The zero-order chi connectivity index (χ0) is 16.8. The lowest BCUT2D eigenvalue weighted by Crippen LogP contribution is -2.26. The summed E-state index contributed by atoms with van der Waals surface area (Å²) in [6, 6.07) is 6.09. The first kappa shape index (κ1) is 15.4. The van der Waals surface area contributed by atoms with Gasteiger partial charge in [-0.25, -0.2) is 22.7 Å². The molecule has 3 aromatic rings. The molecule has 1 aliphatic heterocycles. The molecule has 4 rings (SSSR count). The Balaban J connectivity index is 1.79. The average Bonchev–Trinajstić information content (AvgIpc) is 3.13. The van der Waals surface area contributed by atoms with Crippen LogP contribution in [0, 0.1) is 11.6 Å². The van der Waals surface area contributed by atoms with Crippen LogP contribution in [0.4, 0.5) is 19.0 Å². The van der Waals surface area contributed by atoms with Crippen LogP contribution in [0.5, 0.6) is 0 Å². The fourth-order valence-electron chi connectivity index (χ4n) is 3.09. The van der Waals surface area contributed by atoms with E-state index < -0.39 is 23.8 Å². The first-order chi connectivity index (χ1) is 11.5. The summed E-state index contributed by atoms with van der Waals surface area (Å²) in [5.74, 6) is -0.616. The number of hydrogen-bond donors (Lipinski definition) is 0. The highest BCUT2D eigenvalue weighted by Gasteiger charge is 2.36. The molecule has 0 N–H and O–H groups in total. The molecule has 1 fully saturated rings. The largest absolute Gasteiger partial charge is 0.345 e. The third-order valence-electron chi connectivity index (χ3n) is 4.17. The molecule has 0 bridgehead atoms. The smallest absolute Gasteiger partial charge is 0.154 e. The van der Waals surface area contributed by atoms with Gasteiger partial charge in [0.1, 0.15) is 28.2 Å². The molecule has 0 saturated carbocycles. The lowest BCUT2D eigenvalue weighted by atomic mass is 10.0. The van der Waals surface area contributed by atoms with E-state index in [4.69, 9.17) is 0 Å². The Labute approximate surface area is 144 Å². The van der Waals surface area contributed by atoms with Crippen LogP contribution >= 0.6 is 15.9 Å². The van der Waals surface area contributed by atoms with Gasteiger partial charge in [-0.3, -0.25) is 0 Å². The summed E-state index contributed by atoms with van der Waals surface area (Å²) >= 11 is 3.34.